The van der Waals surface area contributed by atoms with E-state index in [-0.39, 0.29) is 0 Å². The lowest BCUT2D eigenvalue weighted by Gasteiger charge is -2.07. The number of aryl methyl sites for hydroxylation is 1. The van der Waals surface area contributed by atoms with Crippen LogP contribution in [0.4, 0.5) is 0 Å². The predicted octanol–water partition coefficient (Wildman–Crippen LogP) is 3.14. The van der Waals surface area contributed by atoms with Crippen LogP contribution in [0.15, 0.2) is 12.3 Å². The second-order valence-corrected chi connectivity index (χ2v) is 3.65. The van der Waals surface area contributed by atoms with E-state index >= 15 is 0 Å². The maximum atomic E-state index is 4.40. The molecule has 1 nitrogen and oxygen atoms in total. The van der Waals surface area contributed by atoms with Crippen molar-refractivity contribution in [2.24, 2.45) is 0 Å². The van der Waals surface area contributed by atoms with Gasteiger partial charge in [0.05, 0.1) is 0 Å². The average molecular weight is 187 g/mol. The van der Waals surface area contributed by atoms with E-state index in [1.165, 1.54) is 5.56 Å². The van der Waals surface area contributed by atoms with Gasteiger partial charge in [0, 0.05) is 17.5 Å². The highest BCUT2D eigenvalue weighted by Crippen LogP contribution is 2.16. The smallest absolute Gasteiger partial charge is 0.0460 e. The lowest BCUT2D eigenvalue weighted by molar-refractivity contribution is 0.817. The summed E-state index contributed by atoms with van der Waals surface area (Å²) in [7, 11) is 0. The van der Waals surface area contributed by atoms with Crippen LogP contribution >= 0.6 is 0 Å². The molecule has 74 valence electrons. The number of pyridine rings is 1. The van der Waals surface area contributed by atoms with Crippen LogP contribution in [-0.2, 0) is 6.42 Å². The first-order valence-corrected chi connectivity index (χ1v) is 5.10. The van der Waals surface area contributed by atoms with Crippen molar-refractivity contribution >= 4 is 0 Å². The molecule has 1 aromatic heterocycles. The summed E-state index contributed by atoms with van der Waals surface area (Å²) in [5.41, 5.74) is 3.53. The number of rotatable bonds is 2. The van der Waals surface area contributed by atoms with E-state index in [0.29, 0.717) is 5.92 Å². The van der Waals surface area contributed by atoms with Crippen molar-refractivity contribution in [1.82, 2.24) is 4.98 Å². The minimum atomic E-state index is 0.490. The lowest BCUT2D eigenvalue weighted by Crippen LogP contribution is -1.97. The molecule has 1 aromatic rings. The van der Waals surface area contributed by atoms with Crippen molar-refractivity contribution in [3.8, 4) is 11.8 Å². The van der Waals surface area contributed by atoms with E-state index in [4.69, 9.17) is 0 Å². The molecule has 0 atom stereocenters. The van der Waals surface area contributed by atoms with Gasteiger partial charge in [0.1, 0.15) is 0 Å². The van der Waals surface area contributed by atoms with Gasteiger partial charge < -0.3 is 0 Å². The van der Waals surface area contributed by atoms with Gasteiger partial charge in [0.15, 0.2) is 0 Å². The molecule has 1 rings (SSSR count). The molecule has 0 bridgehead atoms. The highest BCUT2D eigenvalue weighted by Gasteiger charge is 2.04. The fraction of sp³-hybridized carbons (Fsp3) is 0.462. The molecule has 0 aliphatic carbocycles. The molecule has 0 amide bonds. The predicted molar refractivity (Wildman–Crippen MR) is 60.3 cm³/mol. The average Bonchev–Trinajstić information content (AvgIpc) is 2.18. The van der Waals surface area contributed by atoms with E-state index in [2.05, 4.69) is 43.7 Å². The van der Waals surface area contributed by atoms with Crippen molar-refractivity contribution in [3.05, 3.63) is 29.1 Å². The van der Waals surface area contributed by atoms with Crippen molar-refractivity contribution in [2.75, 3.05) is 0 Å². The number of nitrogens with zero attached hydrogens (tertiary/aromatic N) is 1. The van der Waals surface area contributed by atoms with Crippen LogP contribution < -0.4 is 0 Å². The zero-order chi connectivity index (χ0) is 10.6. The zero-order valence-electron chi connectivity index (χ0n) is 9.39. The molecule has 0 fully saturated rings. The molecule has 14 heavy (non-hydrogen) atoms. The minimum Gasteiger partial charge on any atom is -0.260 e. The summed E-state index contributed by atoms with van der Waals surface area (Å²) in [6.07, 6.45) is 2.91. The molecule has 0 radical (unpaired) electrons. The molecule has 0 aliphatic rings. The Balaban J connectivity index is 3.15. The highest BCUT2D eigenvalue weighted by atomic mass is 14.7. The molecule has 1 heteroatoms. The zero-order valence-corrected chi connectivity index (χ0v) is 9.39. The fourth-order valence-corrected chi connectivity index (χ4v) is 1.37. The summed E-state index contributed by atoms with van der Waals surface area (Å²) in [5, 5.41) is 0. The van der Waals surface area contributed by atoms with Gasteiger partial charge in [0.25, 0.3) is 0 Å². The molecular weight excluding hydrogens is 170 g/mol. The fourth-order valence-electron chi connectivity index (χ4n) is 1.37. The standard InChI is InChI=1S/C13H17N/c1-5-7-12-9-14-13(10(3)4)8-11(12)6-2/h8-10H,6H2,1-4H3. The van der Waals surface area contributed by atoms with E-state index in [9.17, 15) is 0 Å². The van der Waals surface area contributed by atoms with E-state index in [0.717, 1.165) is 17.7 Å². The van der Waals surface area contributed by atoms with Crippen LogP contribution in [-0.4, -0.2) is 4.98 Å². The molecular formula is C13H17N. The normalized spacial score (nSPS) is 9.79. The van der Waals surface area contributed by atoms with Crippen molar-refractivity contribution in [1.29, 1.82) is 0 Å². The Labute approximate surface area is 86.6 Å². The molecule has 0 unspecified atom stereocenters. The molecule has 1 heterocycles. The van der Waals surface area contributed by atoms with E-state index < -0.39 is 0 Å². The third-order valence-corrected chi connectivity index (χ3v) is 2.24. The Kier molecular flexibility index (Phi) is 3.71. The topological polar surface area (TPSA) is 12.9 Å². The first-order valence-electron chi connectivity index (χ1n) is 5.10. The molecule has 0 saturated heterocycles. The Morgan fingerprint density at radius 2 is 2.14 bits per heavy atom. The second kappa shape index (κ2) is 4.81. The van der Waals surface area contributed by atoms with Crippen LogP contribution in [0.5, 0.6) is 0 Å². The Hall–Kier alpha value is -1.29. The highest BCUT2D eigenvalue weighted by molar-refractivity contribution is 5.40. The van der Waals surface area contributed by atoms with Gasteiger partial charge in [0.2, 0.25) is 0 Å². The minimum absolute atomic E-state index is 0.490. The van der Waals surface area contributed by atoms with Gasteiger partial charge >= 0.3 is 0 Å². The van der Waals surface area contributed by atoms with Gasteiger partial charge in [-0.1, -0.05) is 26.7 Å². The Morgan fingerprint density at radius 3 is 2.64 bits per heavy atom. The van der Waals surface area contributed by atoms with Gasteiger partial charge in [-0.25, -0.2) is 0 Å². The summed E-state index contributed by atoms with van der Waals surface area (Å²) >= 11 is 0. The largest absolute Gasteiger partial charge is 0.260 e. The quantitative estimate of drug-likeness (QED) is 0.648. The molecule has 0 N–H and O–H groups in total. The summed E-state index contributed by atoms with van der Waals surface area (Å²) < 4.78 is 0. The summed E-state index contributed by atoms with van der Waals surface area (Å²) in [6.45, 7) is 8.33. The summed E-state index contributed by atoms with van der Waals surface area (Å²) in [5.74, 6) is 6.49. The van der Waals surface area contributed by atoms with Crippen LogP contribution in [0.1, 0.15) is 50.4 Å². The van der Waals surface area contributed by atoms with Gasteiger partial charge in [-0.05, 0) is 30.9 Å². The summed E-state index contributed by atoms with van der Waals surface area (Å²) in [4.78, 5) is 4.40. The Bertz CT molecular complexity index is 367. The number of hydrogen-bond donors (Lipinski definition) is 0. The molecule has 0 aliphatic heterocycles. The van der Waals surface area contributed by atoms with Crippen LogP contribution in [0.2, 0.25) is 0 Å². The number of hydrogen-bond acceptors (Lipinski definition) is 1. The first kappa shape index (κ1) is 10.8. The van der Waals surface area contributed by atoms with Gasteiger partial charge in [-0.3, -0.25) is 4.98 Å². The van der Waals surface area contributed by atoms with Gasteiger partial charge in [-0.15, -0.1) is 5.92 Å². The van der Waals surface area contributed by atoms with Crippen molar-refractivity contribution in [3.63, 3.8) is 0 Å². The molecule has 0 aromatic carbocycles. The first-order chi connectivity index (χ1) is 6.69. The van der Waals surface area contributed by atoms with Crippen LogP contribution in [0, 0.1) is 11.8 Å². The van der Waals surface area contributed by atoms with Crippen LogP contribution in [0.25, 0.3) is 0 Å². The van der Waals surface area contributed by atoms with Gasteiger partial charge in [-0.2, -0.15) is 0 Å². The number of aromatic nitrogens is 1. The molecule has 0 saturated carbocycles. The van der Waals surface area contributed by atoms with E-state index in [1.54, 1.807) is 0 Å². The summed E-state index contributed by atoms with van der Waals surface area (Å²) in [6, 6.07) is 2.17. The third-order valence-electron chi connectivity index (χ3n) is 2.24. The molecule has 0 spiro atoms. The third kappa shape index (κ3) is 2.35. The van der Waals surface area contributed by atoms with Crippen molar-refractivity contribution < 1.29 is 0 Å². The maximum Gasteiger partial charge on any atom is 0.0460 e. The Morgan fingerprint density at radius 1 is 1.43 bits per heavy atom. The SMILES string of the molecule is CC#Cc1cnc(C(C)C)cc1CC. The van der Waals surface area contributed by atoms with E-state index in [1.807, 2.05) is 13.1 Å². The van der Waals surface area contributed by atoms with Crippen molar-refractivity contribution in [2.45, 2.75) is 40.0 Å². The lowest BCUT2D eigenvalue weighted by atomic mass is 10.0. The van der Waals surface area contributed by atoms with Crippen LogP contribution in [0.3, 0.4) is 0 Å². The second-order valence-electron chi connectivity index (χ2n) is 3.65. The monoisotopic (exact) mass is 187 g/mol. The maximum absolute atomic E-state index is 4.40.